The van der Waals surface area contributed by atoms with Gasteiger partial charge >= 0.3 is 0 Å². The SMILES string of the molecule is N#CC1=C(N)C(C#N)(C#N)[C@H](c2ccco2)[C@@H]2CN(Cc3ccccc3)CC=C12. The Morgan fingerprint density at radius 3 is 2.48 bits per heavy atom. The normalized spacial score (nSPS) is 23.3. The average Bonchev–Trinajstić information content (AvgIpc) is 3.28. The zero-order valence-electron chi connectivity index (χ0n) is 15.7. The van der Waals surface area contributed by atoms with Gasteiger partial charge in [0.15, 0.2) is 5.41 Å². The molecular weight excluding hydrogens is 362 g/mol. The Morgan fingerprint density at radius 1 is 1.10 bits per heavy atom. The number of rotatable bonds is 3. The lowest BCUT2D eigenvalue weighted by Gasteiger charge is -2.44. The maximum absolute atomic E-state index is 10.0. The number of hydrogen-bond acceptors (Lipinski definition) is 6. The van der Waals surface area contributed by atoms with E-state index in [0.717, 1.165) is 12.1 Å². The van der Waals surface area contributed by atoms with Crippen LogP contribution in [0.2, 0.25) is 0 Å². The van der Waals surface area contributed by atoms with Gasteiger partial charge in [0.1, 0.15) is 11.8 Å². The summed E-state index contributed by atoms with van der Waals surface area (Å²) in [6, 6.07) is 20.0. The van der Waals surface area contributed by atoms with Crippen molar-refractivity contribution < 1.29 is 4.42 Å². The van der Waals surface area contributed by atoms with Crippen LogP contribution in [0.5, 0.6) is 0 Å². The van der Waals surface area contributed by atoms with Gasteiger partial charge in [-0.25, -0.2) is 0 Å². The third kappa shape index (κ3) is 2.90. The molecule has 29 heavy (non-hydrogen) atoms. The molecule has 0 saturated carbocycles. The van der Waals surface area contributed by atoms with Crippen LogP contribution in [-0.4, -0.2) is 18.0 Å². The summed E-state index contributed by atoms with van der Waals surface area (Å²) in [5.74, 6) is -0.306. The van der Waals surface area contributed by atoms with Crippen molar-refractivity contribution in [3.05, 3.63) is 83.0 Å². The van der Waals surface area contributed by atoms with E-state index in [1.807, 2.05) is 24.3 Å². The molecule has 2 atom stereocenters. The summed E-state index contributed by atoms with van der Waals surface area (Å²) >= 11 is 0. The zero-order valence-corrected chi connectivity index (χ0v) is 15.7. The van der Waals surface area contributed by atoms with Crippen molar-refractivity contribution in [1.82, 2.24) is 4.90 Å². The van der Waals surface area contributed by atoms with Crippen LogP contribution in [0.4, 0.5) is 0 Å². The number of fused-ring (bicyclic) bond motifs is 1. The minimum atomic E-state index is -1.65. The minimum absolute atomic E-state index is 0.0189. The van der Waals surface area contributed by atoms with Crippen LogP contribution in [0.1, 0.15) is 17.2 Å². The van der Waals surface area contributed by atoms with E-state index in [4.69, 9.17) is 10.2 Å². The highest BCUT2D eigenvalue weighted by Crippen LogP contribution is 2.54. The van der Waals surface area contributed by atoms with Crippen LogP contribution in [0.15, 0.2) is 76.1 Å². The largest absolute Gasteiger partial charge is 0.469 e. The Balaban J connectivity index is 1.82. The van der Waals surface area contributed by atoms with Crippen LogP contribution in [0, 0.1) is 45.3 Å². The quantitative estimate of drug-likeness (QED) is 0.873. The number of allylic oxidation sites excluding steroid dienone is 2. The second-order valence-electron chi connectivity index (χ2n) is 7.37. The van der Waals surface area contributed by atoms with E-state index < -0.39 is 11.3 Å². The molecule has 2 heterocycles. The van der Waals surface area contributed by atoms with Crippen molar-refractivity contribution in [3.63, 3.8) is 0 Å². The van der Waals surface area contributed by atoms with Crippen molar-refractivity contribution in [2.45, 2.75) is 12.5 Å². The second kappa shape index (κ2) is 7.32. The van der Waals surface area contributed by atoms with E-state index in [9.17, 15) is 15.8 Å². The summed E-state index contributed by atoms with van der Waals surface area (Å²) < 4.78 is 5.64. The Morgan fingerprint density at radius 2 is 1.86 bits per heavy atom. The summed E-state index contributed by atoms with van der Waals surface area (Å²) in [6.45, 7) is 1.99. The van der Waals surface area contributed by atoms with E-state index in [2.05, 4.69) is 35.2 Å². The molecule has 142 valence electrons. The zero-order chi connectivity index (χ0) is 20.4. The molecule has 1 aliphatic heterocycles. The van der Waals surface area contributed by atoms with Crippen molar-refractivity contribution in [2.24, 2.45) is 17.1 Å². The van der Waals surface area contributed by atoms with Gasteiger partial charge in [-0.05, 0) is 23.3 Å². The molecule has 2 N–H and O–H groups in total. The summed E-state index contributed by atoms with van der Waals surface area (Å²) in [6.07, 6.45) is 3.53. The Labute approximate surface area is 169 Å². The van der Waals surface area contributed by atoms with E-state index in [-0.39, 0.29) is 17.2 Å². The maximum Gasteiger partial charge on any atom is 0.194 e. The number of nitriles is 3. The lowest BCUT2D eigenvalue weighted by atomic mass is 9.59. The van der Waals surface area contributed by atoms with E-state index in [1.54, 1.807) is 12.1 Å². The first-order valence-electron chi connectivity index (χ1n) is 9.37. The first-order valence-corrected chi connectivity index (χ1v) is 9.37. The molecule has 0 amide bonds. The smallest absolute Gasteiger partial charge is 0.194 e. The number of furan rings is 1. The van der Waals surface area contributed by atoms with Gasteiger partial charge < -0.3 is 10.2 Å². The van der Waals surface area contributed by atoms with Crippen LogP contribution in [-0.2, 0) is 6.54 Å². The third-order valence-corrected chi connectivity index (χ3v) is 5.84. The third-order valence-electron chi connectivity index (χ3n) is 5.84. The number of benzene rings is 1. The second-order valence-corrected chi connectivity index (χ2v) is 7.37. The Kier molecular flexibility index (Phi) is 4.69. The lowest BCUT2D eigenvalue weighted by Crippen LogP contribution is -2.47. The molecule has 0 fully saturated rings. The highest BCUT2D eigenvalue weighted by atomic mass is 16.3. The predicted octanol–water partition coefficient (Wildman–Crippen LogP) is 3.21. The number of nitrogens with zero attached hydrogens (tertiary/aromatic N) is 4. The van der Waals surface area contributed by atoms with Crippen LogP contribution in [0.25, 0.3) is 0 Å². The number of nitrogens with two attached hydrogens (primary N) is 1. The highest BCUT2D eigenvalue weighted by molar-refractivity contribution is 5.58. The fourth-order valence-electron chi connectivity index (χ4n) is 4.48. The monoisotopic (exact) mass is 381 g/mol. The van der Waals surface area contributed by atoms with Crippen molar-refractivity contribution in [3.8, 4) is 18.2 Å². The summed E-state index contributed by atoms with van der Waals surface area (Å²) in [5.41, 5.74) is 6.87. The molecule has 6 nitrogen and oxygen atoms in total. The van der Waals surface area contributed by atoms with Gasteiger partial charge in [0.2, 0.25) is 0 Å². The molecule has 2 aliphatic rings. The van der Waals surface area contributed by atoms with E-state index in [0.29, 0.717) is 18.8 Å². The maximum atomic E-state index is 10.0. The molecule has 1 aromatic heterocycles. The summed E-state index contributed by atoms with van der Waals surface area (Å²) in [4.78, 5) is 2.25. The van der Waals surface area contributed by atoms with E-state index >= 15 is 0 Å². The summed E-state index contributed by atoms with van der Waals surface area (Å²) in [7, 11) is 0. The van der Waals surface area contributed by atoms with Gasteiger partial charge in [0.05, 0.1) is 35.6 Å². The summed E-state index contributed by atoms with van der Waals surface area (Å²) in [5, 5.41) is 29.8. The number of hydrogen-bond donors (Lipinski definition) is 1. The Bertz CT molecular complexity index is 1080. The molecule has 6 heteroatoms. The van der Waals surface area contributed by atoms with Crippen molar-refractivity contribution >= 4 is 0 Å². The minimum Gasteiger partial charge on any atom is -0.469 e. The molecule has 1 aromatic carbocycles. The molecule has 0 spiro atoms. The fourth-order valence-corrected chi connectivity index (χ4v) is 4.48. The Hall–Kier alpha value is -3.79. The molecule has 0 unspecified atom stereocenters. The average molecular weight is 381 g/mol. The van der Waals surface area contributed by atoms with Gasteiger partial charge in [-0.2, -0.15) is 15.8 Å². The molecule has 4 rings (SSSR count). The first-order chi connectivity index (χ1) is 14.1. The molecule has 1 aliphatic carbocycles. The fraction of sp³-hybridized carbons (Fsp3) is 0.261. The van der Waals surface area contributed by atoms with Gasteiger partial charge in [0.25, 0.3) is 0 Å². The van der Waals surface area contributed by atoms with Crippen molar-refractivity contribution in [1.29, 1.82) is 15.8 Å². The topological polar surface area (TPSA) is 114 Å². The van der Waals surface area contributed by atoms with Crippen LogP contribution < -0.4 is 5.73 Å². The highest BCUT2D eigenvalue weighted by Gasteiger charge is 2.55. The predicted molar refractivity (Wildman–Crippen MR) is 105 cm³/mol. The van der Waals surface area contributed by atoms with E-state index in [1.165, 1.54) is 11.8 Å². The standard InChI is InChI=1S/C23H19N5O/c24-11-18-17-8-9-28(12-16-5-2-1-3-6-16)13-19(17)21(20-7-4-10-29-20)23(14-25,15-26)22(18)27/h1-8,10,19,21H,9,12-13,27H2/t19-,21+/m1/s1. The first kappa shape index (κ1) is 18.6. The van der Waals surface area contributed by atoms with Gasteiger partial charge in [0, 0.05) is 25.6 Å². The molecule has 0 bridgehead atoms. The van der Waals surface area contributed by atoms with Gasteiger partial charge in [-0.1, -0.05) is 36.4 Å². The van der Waals surface area contributed by atoms with Crippen LogP contribution in [0.3, 0.4) is 0 Å². The van der Waals surface area contributed by atoms with Crippen molar-refractivity contribution in [2.75, 3.05) is 13.1 Å². The van der Waals surface area contributed by atoms with Crippen LogP contribution >= 0.6 is 0 Å². The molecular formula is C23H19N5O. The molecule has 2 aromatic rings. The molecule has 0 radical (unpaired) electrons. The van der Waals surface area contributed by atoms with Gasteiger partial charge in [-0.15, -0.1) is 0 Å². The lowest BCUT2D eigenvalue weighted by molar-refractivity contribution is 0.188. The van der Waals surface area contributed by atoms with Gasteiger partial charge in [-0.3, -0.25) is 4.90 Å². The molecule has 0 saturated heterocycles.